The highest BCUT2D eigenvalue weighted by molar-refractivity contribution is 5.67. The van der Waals surface area contributed by atoms with Crippen LogP contribution in [0.3, 0.4) is 0 Å². The van der Waals surface area contributed by atoms with E-state index in [1.807, 2.05) is 50.3 Å². The number of aromatic nitrogens is 3. The summed E-state index contributed by atoms with van der Waals surface area (Å²) in [6.07, 6.45) is 4.51. The molecule has 0 radical (unpaired) electrons. The highest BCUT2D eigenvalue weighted by Crippen LogP contribution is 2.19. The predicted molar refractivity (Wildman–Crippen MR) is 107 cm³/mol. The van der Waals surface area contributed by atoms with E-state index in [4.69, 9.17) is 9.26 Å². The first kappa shape index (κ1) is 18.2. The highest BCUT2D eigenvalue weighted by atomic mass is 16.5. The zero-order valence-corrected chi connectivity index (χ0v) is 15.9. The first-order valence-electron chi connectivity index (χ1n) is 9.33. The highest BCUT2D eigenvalue weighted by Gasteiger charge is 2.16. The van der Waals surface area contributed by atoms with Crippen molar-refractivity contribution in [3.8, 4) is 17.1 Å². The third-order valence-electron chi connectivity index (χ3n) is 4.41. The molecule has 1 aliphatic heterocycles. The molecule has 3 aromatic rings. The van der Waals surface area contributed by atoms with Crippen LogP contribution in [-0.4, -0.2) is 27.8 Å². The number of aromatic amines is 1. The van der Waals surface area contributed by atoms with Crippen LogP contribution in [0.1, 0.15) is 36.6 Å². The Morgan fingerprint density at radius 2 is 2.14 bits per heavy atom. The maximum Gasteiger partial charge on any atom is 0.259 e. The lowest BCUT2D eigenvalue weighted by Gasteiger charge is -2.16. The van der Waals surface area contributed by atoms with Crippen LogP contribution in [0.15, 0.2) is 39.6 Å². The molecule has 0 fully saturated rings. The third-order valence-corrected chi connectivity index (χ3v) is 4.41. The molecule has 2 N–H and O–H groups in total. The van der Waals surface area contributed by atoms with Gasteiger partial charge in [-0.25, -0.2) is 0 Å². The summed E-state index contributed by atoms with van der Waals surface area (Å²) in [4.78, 5) is 19.7. The number of benzene rings is 1. The summed E-state index contributed by atoms with van der Waals surface area (Å²) in [5.74, 6) is 1.42. The maximum absolute atomic E-state index is 12.4. The monoisotopic (exact) mass is 378 g/mol. The Morgan fingerprint density at radius 3 is 3.00 bits per heavy atom. The van der Waals surface area contributed by atoms with E-state index in [0.29, 0.717) is 11.5 Å². The molecule has 0 bridgehead atoms. The van der Waals surface area contributed by atoms with Crippen molar-refractivity contribution >= 4 is 12.2 Å². The smallest absolute Gasteiger partial charge is 0.259 e. The Bertz CT molecular complexity index is 1070. The summed E-state index contributed by atoms with van der Waals surface area (Å²) in [5.41, 5.74) is 3.20. The van der Waals surface area contributed by atoms with Gasteiger partial charge in [0.15, 0.2) is 0 Å². The first-order chi connectivity index (χ1) is 13.6. The minimum Gasteiger partial charge on any atom is -0.491 e. The Morgan fingerprint density at radius 1 is 1.25 bits per heavy atom. The van der Waals surface area contributed by atoms with Crippen molar-refractivity contribution in [3.05, 3.63) is 63.4 Å². The van der Waals surface area contributed by atoms with Crippen LogP contribution >= 0.6 is 0 Å². The second-order valence-electron chi connectivity index (χ2n) is 6.97. The maximum atomic E-state index is 12.4. The van der Waals surface area contributed by atoms with Crippen LogP contribution in [0, 0.1) is 0 Å². The summed E-state index contributed by atoms with van der Waals surface area (Å²) in [5, 5.41) is 7.25. The summed E-state index contributed by atoms with van der Waals surface area (Å²) in [6, 6.07) is 9.58. The van der Waals surface area contributed by atoms with Gasteiger partial charge in [-0.3, -0.25) is 4.79 Å². The molecule has 0 amide bonds. The van der Waals surface area contributed by atoms with E-state index in [1.54, 1.807) is 6.08 Å². The van der Waals surface area contributed by atoms with Gasteiger partial charge in [-0.2, -0.15) is 4.98 Å². The van der Waals surface area contributed by atoms with Gasteiger partial charge in [0.25, 0.3) is 11.4 Å². The molecule has 0 saturated heterocycles. The fourth-order valence-electron chi connectivity index (χ4n) is 3.14. The van der Waals surface area contributed by atoms with Crippen LogP contribution < -0.4 is 15.6 Å². The Kier molecular flexibility index (Phi) is 5.08. The number of pyridine rings is 1. The molecular weight excluding hydrogens is 356 g/mol. The van der Waals surface area contributed by atoms with Crippen molar-refractivity contribution in [3.63, 3.8) is 0 Å². The lowest BCUT2D eigenvalue weighted by Crippen LogP contribution is -2.27. The third kappa shape index (κ3) is 4.04. The minimum atomic E-state index is -0.199. The fourth-order valence-corrected chi connectivity index (χ4v) is 3.14. The van der Waals surface area contributed by atoms with Crippen molar-refractivity contribution in [2.24, 2.45) is 0 Å². The van der Waals surface area contributed by atoms with Gasteiger partial charge in [0.05, 0.1) is 11.7 Å². The van der Waals surface area contributed by atoms with Crippen LogP contribution in [-0.2, 0) is 13.0 Å². The normalized spacial score (nSPS) is 13.8. The van der Waals surface area contributed by atoms with Gasteiger partial charge in [-0.15, -0.1) is 0 Å². The molecule has 3 heterocycles. The molecule has 1 aliphatic rings. The van der Waals surface area contributed by atoms with Gasteiger partial charge in [-0.05, 0) is 49.2 Å². The number of fused-ring (bicyclic) bond motifs is 1. The van der Waals surface area contributed by atoms with E-state index in [-0.39, 0.29) is 17.5 Å². The lowest BCUT2D eigenvalue weighted by atomic mass is 10.0. The van der Waals surface area contributed by atoms with Crippen molar-refractivity contribution in [2.75, 3.05) is 6.54 Å². The largest absolute Gasteiger partial charge is 0.491 e. The molecule has 7 heteroatoms. The molecule has 0 unspecified atom stereocenters. The van der Waals surface area contributed by atoms with Crippen molar-refractivity contribution in [1.29, 1.82) is 0 Å². The molecule has 144 valence electrons. The van der Waals surface area contributed by atoms with Gasteiger partial charge in [0.1, 0.15) is 5.75 Å². The van der Waals surface area contributed by atoms with Crippen molar-refractivity contribution in [2.45, 2.75) is 32.9 Å². The second kappa shape index (κ2) is 7.82. The van der Waals surface area contributed by atoms with Gasteiger partial charge in [0, 0.05) is 31.3 Å². The quantitative estimate of drug-likeness (QED) is 0.709. The number of hydrogen-bond donors (Lipinski definition) is 2. The van der Waals surface area contributed by atoms with Gasteiger partial charge >= 0.3 is 0 Å². The van der Waals surface area contributed by atoms with Crippen molar-refractivity contribution < 1.29 is 9.26 Å². The van der Waals surface area contributed by atoms with E-state index < -0.39 is 0 Å². The Balaban J connectivity index is 1.55. The summed E-state index contributed by atoms with van der Waals surface area (Å²) < 4.78 is 11.0. The number of hydrogen-bond acceptors (Lipinski definition) is 6. The lowest BCUT2D eigenvalue weighted by molar-refractivity contribution is 0.242. The molecule has 0 spiro atoms. The zero-order valence-electron chi connectivity index (χ0n) is 15.9. The number of rotatable bonds is 5. The van der Waals surface area contributed by atoms with E-state index in [0.717, 1.165) is 42.1 Å². The number of nitrogens with one attached hydrogen (secondary N) is 2. The standard InChI is InChI=1S/C21H22N4O3/c1-13(2)27-16-5-3-4-14(10-16)6-7-19-24-20(25-28-19)17-11-15-12-22-9-8-18(15)23-21(17)26/h3-7,10-11,13,22H,8-9,12H2,1-2H3,(H,23,26)/b7-6+. The number of ether oxygens (including phenoxy) is 1. The fraction of sp³-hybridized carbons (Fsp3) is 0.286. The average molecular weight is 378 g/mol. The second-order valence-corrected chi connectivity index (χ2v) is 6.97. The molecule has 2 aromatic heterocycles. The van der Waals surface area contributed by atoms with Crippen LogP contribution in [0.4, 0.5) is 0 Å². The van der Waals surface area contributed by atoms with E-state index in [2.05, 4.69) is 20.4 Å². The van der Waals surface area contributed by atoms with Crippen LogP contribution in [0.25, 0.3) is 23.5 Å². The van der Waals surface area contributed by atoms with E-state index >= 15 is 0 Å². The van der Waals surface area contributed by atoms with Gasteiger partial charge < -0.3 is 19.6 Å². The topological polar surface area (TPSA) is 93.0 Å². The predicted octanol–water partition coefficient (Wildman–Crippen LogP) is 3.03. The molecule has 0 atom stereocenters. The van der Waals surface area contributed by atoms with Gasteiger partial charge in [-0.1, -0.05) is 17.3 Å². The molecule has 0 aliphatic carbocycles. The summed E-state index contributed by atoms with van der Waals surface area (Å²) in [7, 11) is 0. The van der Waals surface area contributed by atoms with Crippen LogP contribution in [0.5, 0.6) is 5.75 Å². The van der Waals surface area contributed by atoms with E-state index in [1.165, 1.54) is 0 Å². The SMILES string of the molecule is CC(C)Oc1cccc(/C=C/c2nc(-c3cc4c([nH]c3=O)CCNC4)no2)c1. The average Bonchev–Trinajstić information content (AvgIpc) is 3.14. The Hall–Kier alpha value is -3.19. The Labute approximate surface area is 162 Å². The minimum absolute atomic E-state index is 0.114. The molecule has 1 aromatic carbocycles. The van der Waals surface area contributed by atoms with Gasteiger partial charge in [0.2, 0.25) is 5.82 Å². The molecule has 28 heavy (non-hydrogen) atoms. The number of nitrogens with zero attached hydrogens (tertiary/aromatic N) is 2. The summed E-state index contributed by atoms with van der Waals surface area (Å²) >= 11 is 0. The first-order valence-corrected chi connectivity index (χ1v) is 9.33. The molecular formula is C21H22N4O3. The molecule has 7 nitrogen and oxygen atoms in total. The van der Waals surface area contributed by atoms with Crippen molar-refractivity contribution in [1.82, 2.24) is 20.4 Å². The molecule has 4 rings (SSSR count). The summed E-state index contributed by atoms with van der Waals surface area (Å²) in [6.45, 7) is 5.56. The van der Waals surface area contributed by atoms with Crippen LogP contribution in [0.2, 0.25) is 0 Å². The molecule has 0 saturated carbocycles. The zero-order chi connectivity index (χ0) is 19.5. The number of H-pyrrole nitrogens is 1. The van der Waals surface area contributed by atoms with E-state index in [9.17, 15) is 4.79 Å².